The number of aromatic nitrogens is 2. The lowest BCUT2D eigenvalue weighted by Crippen LogP contribution is -2.44. The zero-order valence-electron chi connectivity index (χ0n) is 9.23. The van der Waals surface area contributed by atoms with Crippen molar-refractivity contribution in [3.05, 3.63) is 17.6 Å². The van der Waals surface area contributed by atoms with E-state index in [-0.39, 0.29) is 0 Å². The van der Waals surface area contributed by atoms with E-state index < -0.39 is 5.91 Å². The van der Waals surface area contributed by atoms with E-state index in [1.165, 1.54) is 6.33 Å². The lowest BCUT2D eigenvalue weighted by Gasteiger charge is -2.29. The molecule has 0 unspecified atom stereocenters. The Morgan fingerprint density at radius 2 is 2.12 bits per heavy atom. The van der Waals surface area contributed by atoms with Crippen LogP contribution in [0.5, 0.6) is 0 Å². The van der Waals surface area contributed by atoms with Crippen LogP contribution in [0.4, 0.5) is 5.82 Å². The number of rotatable bonds is 2. The summed E-state index contributed by atoms with van der Waals surface area (Å²) in [4.78, 5) is 21.4. The van der Waals surface area contributed by atoms with Crippen LogP contribution < -0.4 is 16.0 Å². The van der Waals surface area contributed by atoms with Gasteiger partial charge in [-0.1, -0.05) is 0 Å². The number of primary amides is 1. The normalized spacial score (nSPS) is 16.2. The van der Waals surface area contributed by atoms with Crippen molar-refractivity contribution < 1.29 is 4.79 Å². The first-order chi connectivity index (χ1) is 7.70. The van der Waals surface area contributed by atoms with Crippen molar-refractivity contribution in [2.75, 3.05) is 31.1 Å². The predicted molar refractivity (Wildman–Crippen MR) is 60.4 cm³/mol. The summed E-state index contributed by atoms with van der Waals surface area (Å²) in [6.45, 7) is 5.45. The largest absolute Gasteiger partial charge is 0.364 e. The molecule has 0 aliphatic carbocycles. The fourth-order valence-corrected chi connectivity index (χ4v) is 1.88. The van der Waals surface area contributed by atoms with Gasteiger partial charge in [0.1, 0.15) is 17.8 Å². The van der Waals surface area contributed by atoms with E-state index in [4.69, 9.17) is 5.73 Å². The minimum Gasteiger partial charge on any atom is -0.364 e. The van der Waals surface area contributed by atoms with Gasteiger partial charge in [-0.2, -0.15) is 0 Å². The van der Waals surface area contributed by atoms with Crippen LogP contribution in [0.3, 0.4) is 0 Å². The minimum atomic E-state index is -0.503. The van der Waals surface area contributed by atoms with Gasteiger partial charge in [0.2, 0.25) is 0 Å². The molecule has 0 aromatic carbocycles. The molecule has 3 N–H and O–H groups in total. The van der Waals surface area contributed by atoms with Gasteiger partial charge < -0.3 is 16.0 Å². The fourth-order valence-electron chi connectivity index (χ4n) is 1.88. The van der Waals surface area contributed by atoms with Crippen LogP contribution in [-0.2, 0) is 0 Å². The van der Waals surface area contributed by atoms with Gasteiger partial charge in [-0.25, -0.2) is 9.97 Å². The van der Waals surface area contributed by atoms with Crippen molar-refractivity contribution in [2.24, 2.45) is 5.73 Å². The van der Waals surface area contributed by atoms with Gasteiger partial charge in [0.05, 0.1) is 0 Å². The Labute approximate surface area is 93.9 Å². The van der Waals surface area contributed by atoms with Gasteiger partial charge in [-0.3, -0.25) is 4.79 Å². The van der Waals surface area contributed by atoms with Crippen LogP contribution in [0.1, 0.15) is 16.1 Å². The van der Waals surface area contributed by atoms with Crippen molar-refractivity contribution in [3.63, 3.8) is 0 Å². The monoisotopic (exact) mass is 221 g/mol. The van der Waals surface area contributed by atoms with Crippen LogP contribution in [0.15, 0.2) is 6.33 Å². The van der Waals surface area contributed by atoms with Gasteiger partial charge in [0.15, 0.2) is 0 Å². The second kappa shape index (κ2) is 4.44. The van der Waals surface area contributed by atoms with Gasteiger partial charge in [0, 0.05) is 31.7 Å². The molecule has 1 fully saturated rings. The van der Waals surface area contributed by atoms with E-state index in [9.17, 15) is 4.79 Å². The smallest absolute Gasteiger partial charge is 0.267 e. The number of nitrogens with one attached hydrogen (secondary N) is 1. The number of amides is 1. The zero-order valence-corrected chi connectivity index (χ0v) is 9.23. The molecule has 1 aliphatic rings. The average Bonchev–Trinajstić information content (AvgIpc) is 2.30. The highest BCUT2D eigenvalue weighted by atomic mass is 16.1. The Morgan fingerprint density at radius 3 is 2.75 bits per heavy atom. The molecule has 2 rings (SSSR count). The topological polar surface area (TPSA) is 84.1 Å². The summed E-state index contributed by atoms with van der Waals surface area (Å²) >= 11 is 0. The van der Waals surface area contributed by atoms with Crippen LogP contribution in [0.2, 0.25) is 0 Å². The summed E-state index contributed by atoms with van der Waals surface area (Å²) in [6.07, 6.45) is 1.39. The Kier molecular flexibility index (Phi) is 3.00. The van der Waals surface area contributed by atoms with Crippen molar-refractivity contribution >= 4 is 11.7 Å². The first kappa shape index (κ1) is 10.8. The van der Waals surface area contributed by atoms with E-state index in [0.717, 1.165) is 37.6 Å². The number of hydrogen-bond acceptors (Lipinski definition) is 5. The Bertz CT molecular complexity index is 400. The van der Waals surface area contributed by atoms with Gasteiger partial charge >= 0.3 is 0 Å². The first-order valence-electron chi connectivity index (χ1n) is 5.27. The number of nitrogens with two attached hydrogens (primary N) is 1. The van der Waals surface area contributed by atoms with E-state index in [1.54, 1.807) is 0 Å². The number of carbonyl (C=O) groups excluding carboxylic acids is 1. The molecule has 16 heavy (non-hydrogen) atoms. The van der Waals surface area contributed by atoms with Crippen molar-refractivity contribution in [1.29, 1.82) is 0 Å². The SMILES string of the molecule is Cc1c(C(N)=O)ncnc1N1CCNCC1. The molecule has 1 aromatic rings. The molecule has 0 atom stereocenters. The third-order valence-electron chi connectivity index (χ3n) is 2.71. The Morgan fingerprint density at radius 1 is 1.44 bits per heavy atom. The summed E-state index contributed by atoms with van der Waals surface area (Å²) in [5.41, 5.74) is 6.32. The fraction of sp³-hybridized carbons (Fsp3) is 0.500. The molecule has 6 heteroatoms. The predicted octanol–water partition coefficient (Wildman–Crippen LogP) is -0.706. The molecule has 1 aliphatic heterocycles. The first-order valence-corrected chi connectivity index (χ1v) is 5.27. The molecule has 6 nitrogen and oxygen atoms in total. The second-order valence-corrected chi connectivity index (χ2v) is 3.77. The number of hydrogen-bond donors (Lipinski definition) is 2. The molecule has 0 radical (unpaired) electrons. The molecule has 0 spiro atoms. The summed E-state index contributed by atoms with van der Waals surface area (Å²) < 4.78 is 0. The molecule has 1 aromatic heterocycles. The maximum Gasteiger partial charge on any atom is 0.267 e. The van der Waals surface area contributed by atoms with Crippen LogP contribution >= 0.6 is 0 Å². The molecule has 1 amide bonds. The summed E-state index contributed by atoms with van der Waals surface area (Å²) in [5, 5.41) is 3.26. The van der Waals surface area contributed by atoms with Crippen LogP contribution in [0, 0.1) is 6.92 Å². The number of anilines is 1. The van der Waals surface area contributed by atoms with E-state index in [2.05, 4.69) is 20.2 Å². The summed E-state index contributed by atoms with van der Waals surface area (Å²) in [5.74, 6) is 0.307. The van der Waals surface area contributed by atoms with Crippen molar-refractivity contribution in [3.8, 4) is 0 Å². The van der Waals surface area contributed by atoms with Crippen LogP contribution in [-0.4, -0.2) is 42.1 Å². The number of nitrogens with zero attached hydrogens (tertiary/aromatic N) is 3. The van der Waals surface area contributed by atoms with E-state index in [1.807, 2.05) is 6.92 Å². The van der Waals surface area contributed by atoms with E-state index >= 15 is 0 Å². The standard InChI is InChI=1S/C10H15N5O/c1-7-8(9(11)16)13-6-14-10(7)15-4-2-12-3-5-15/h6,12H,2-5H2,1H3,(H2,11,16). The average molecular weight is 221 g/mol. The molecular weight excluding hydrogens is 206 g/mol. The maximum atomic E-state index is 11.2. The Hall–Kier alpha value is -1.69. The maximum absolute atomic E-state index is 11.2. The van der Waals surface area contributed by atoms with Crippen molar-refractivity contribution in [1.82, 2.24) is 15.3 Å². The van der Waals surface area contributed by atoms with Gasteiger partial charge in [0.25, 0.3) is 5.91 Å². The van der Waals surface area contributed by atoms with Gasteiger partial charge in [-0.15, -0.1) is 0 Å². The minimum absolute atomic E-state index is 0.309. The van der Waals surface area contributed by atoms with Gasteiger partial charge in [-0.05, 0) is 6.92 Å². The zero-order chi connectivity index (χ0) is 11.5. The number of carbonyl (C=O) groups is 1. The molecular formula is C10H15N5O. The summed E-state index contributed by atoms with van der Waals surface area (Å²) in [6, 6.07) is 0. The summed E-state index contributed by atoms with van der Waals surface area (Å²) in [7, 11) is 0. The molecule has 2 heterocycles. The molecule has 86 valence electrons. The molecule has 0 saturated carbocycles. The molecule has 0 bridgehead atoms. The lowest BCUT2D eigenvalue weighted by atomic mass is 10.2. The third-order valence-corrected chi connectivity index (χ3v) is 2.71. The quantitative estimate of drug-likeness (QED) is 0.689. The Balaban J connectivity index is 2.33. The highest BCUT2D eigenvalue weighted by Crippen LogP contribution is 2.18. The third kappa shape index (κ3) is 1.96. The molecule has 1 saturated heterocycles. The highest BCUT2D eigenvalue weighted by molar-refractivity contribution is 5.93. The highest BCUT2D eigenvalue weighted by Gasteiger charge is 2.18. The van der Waals surface area contributed by atoms with Crippen molar-refractivity contribution in [2.45, 2.75) is 6.92 Å². The lowest BCUT2D eigenvalue weighted by molar-refractivity contribution is 0.0995. The van der Waals surface area contributed by atoms with E-state index in [0.29, 0.717) is 5.69 Å². The number of piperazine rings is 1. The van der Waals surface area contributed by atoms with Crippen LogP contribution in [0.25, 0.3) is 0 Å². The second-order valence-electron chi connectivity index (χ2n) is 3.77.